The second kappa shape index (κ2) is 5.47. The van der Waals surface area contributed by atoms with Gasteiger partial charge in [-0.3, -0.25) is 4.79 Å². The van der Waals surface area contributed by atoms with E-state index in [1.165, 1.54) is 4.63 Å². The molecule has 1 aliphatic heterocycles. The maximum atomic E-state index is 12.6. The van der Waals surface area contributed by atoms with Crippen molar-refractivity contribution in [2.75, 3.05) is 16.8 Å². The lowest BCUT2D eigenvalue weighted by atomic mass is 10.2. The molecule has 23 heavy (non-hydrogen) atoms. The zero-order valence-electron chi connectivity index (χ0n) is 11.9. The number of anilines is 2. The van der Waals surface area contributed by atoms with Crippen LogP contribution in [0.3, 0.4) is 0 Å². The van der Waals surface area contributed by atoms with Gasteiger partial charge in [-0.2, -0.15) is 0 Å². The number of tetrazole rings is 1. The van der Waals surface area contributed by atoms with E-state index in [0.717, 1.165) is 5.69 Å². The molecule has 0 spiro atoms. The topological polar surface area (TPSA) is 88.3 Å². The van der Waals surface area contributed by atoms with Gasteiger partial charge in [-0.05, 0) is 47.2 Å². The quantitative estimate of drug-likeness (QED) is 0.781. The molecule has 1 aromatic carbocycles. The number of nitrogens with one attached hydrogen (secondary N) is 1. The Morgan fingerprint density at radius 1 is 1.26 bits per heavy atom. The molecule has 9 heteroatoms. The summed E-state index contributed by atoms with van der Waals surface area (Å²) >= 11 is 6.00. The number of carbonyl (C=O) groups excluding carboxylic acids is 1. The first-order valence-corrected chi connectivity index (χ1v) is 7.47. The number of nitrogens with zero attached hydrogens (tertiary/aromatic N) is 6. The third-order valence-electron chi connectivity index (χ3n) is 3.72. The predicted octanol–water partition coefficient (Wildman–Crippen LogP) is 1.39. The van der Waals surface area contributed by atoms with Crippen molar-refractivity contribution >= 4 is 34.7 Å². The minimum Gasteiger partial charge on any atom is -0.357 e. The summed E-state index contributed by atoms with van der Waals surface area (Å²) in [6.07, 6.45) is 0.681. The Hall–Kier alpha value is -2.74. The van der Waals surface area contributed by atoms with Crippen LogP contribution in [0.5, 0.6) is 0 Å². The molecule has 8 nitrogen and oxygen atoms in total. The number of benzene rings is 1. The van der Waals surface area contributed by atoms with E-state index < -0.39 is 0 Å². The van der Waals surface area contributed by atoms with Gasteiger partial charge in [0.15, 0.2) is 5.65 Å². The third kappa shape index (κ3) is 2.57. The highest BCUT2D eigenvalue weighted by molar-refractivity contribution is 6.31. The van der Waals surface area contributed by atoms with Crippen LogP contribution in [0.4, 0.5) is 11.5 Å². The number of hydrogen-bond donors (Lipinski definition) is 1. The Balaban J connectivity index is 1.53. The maximum Gasteiger partial charge on any atom is 0.249 e. The fourth-order valence-electron chi connectivity index (χ4n) is 2.62. The second-order valence-corrected chi connectivity index (χ2v) is 5.64. The second-order valence-electron chi connectivity index (χ2n) is 5.20. The van der Waals surface area contributed by atoms with Crippen LogP contribution in [0.25, 0.3) is 5.65 Å². The van der Waals surface area contributed by atoms with Crippen LogP contribution >= 0.6 is 11.6 Å². The summed E-state index contributed by atoms with van der Waals surface area (Å²) in [6.45, 7) is 0.629. The fraction of sp³-hybridized carbons (Fsp3) is 0.214. The van der Waals surface area contributed by atoms with Gasteiger partial charge in [0.05, 0.1) is 0 Å². The van der Waals surface area contributed by atoms with Gasteiger partial charge in [0.1, 0.15) is 11.9 Å². The average Bonchev–Trinajstić information content (AvgIpc) is 3.14. The number of amides is 1. The number of hydrogen-bond acceptors (Lipinski definition) is 6. The summed E-state index contributed by atoms with van der Waals surface area (Å²) in [6, 6.07) is 10.4. The maximum absolute atomic E-state index is 12.6. The highest BCUT2D eigenvalue weighted by Crippen LogP contribution is 2.25. The number of carbonyl (C=O) groups is 1. The summed E-state index contributed by atoms with van der Waals surface area (Å²) < 4.78 is 1.32. The molecule has 0 aliphatic carbocycles. The van der Waals surface area contributed by atoms with Crippen LogP contribution in [-0.2, 0) is 4.79 Å². The highest BCUT2D eigenvalue weighted by atomic mass is 35.5. The van der Waals surface area contributed by atoms with Crippen molar-refractivity contribution in [3.05, 3.63) is 41.4 Å². The molecule has 0 saturated carbocycles. The van der Waals surface area contributed by atoms with Gasteiger partial charge < -0.3 is 10.2 Å². The Bertz CT molecular complexity index is 880. The molecule has 0 radical (unpaired) electrons. The molecular weight excluding hydrogens is 318 g/mol. The largest absolute Gasteiger partial charge is 0.357 e. The van der Waals surface area contributed by atoms with Crippen LogP contribution in [0.2, 0.25) is 5.02 Å². The van der Waals surface area contributed by atoms with Gasteiger partial charge in [0, 0.05) is 17.3 Å². The SMILES string of the molecule is O=C1C(Nc2ccc3nnnn3n2)CCN1c1cccc(Cl)c1. The monoisotopic (exact) mass is 329 g/mol. The lowest BCUT2D eigenvalue weighted by Gasteiger charge is -2.17. The summed E-state index contributed by atoms with van der Waals surface area (Å²) in [5.41, 5.74) is 1.35. The van der Waals surface area contributed by atoms with Crippen molar-refractivity contribution in [2.45, 2.75) is 12.5 Å². The van der Waals surface area contributed by atoms with Gasteiger partial charge in [-0.25, -0.2) is 0 Å². The van der Waals surface area contributed by atoms with Crippen molar-refractivity contribution < 1.29 is 4.79 Å². The summed E-state index contributed by atoms with van der Waals surface area (Å²) in [7, 11) is 0. The van der Waals surface area contributed by atoms with E-state index in [4.69, 9.17) is 11.6 Å². The van der Waals surface area contributed by atoms with Crippen molar-refractivity contribution in [1.29, 1.82) is 0 Å². The summed E-state index contributed by atoms with van der Waals surface area (Å²) in [5.74, 6) is 0.543. The van der Waals surface area contributed by atoms with Crippen LogP contribution in [0.1, 0.15) is 6.42 Å². The molecule has 3 heterocycles. The zero-order valence-corrected chi connectivity index (χ0v) is 12.7. The van der Waals surface area contributed by atoms with Gasteiger partial charge >= 0.3 is 0 Å². The molecule has 1 atom stereocenters. The van der Waals surface area contributed by atoms with Crippen LogP contribution in [0, 0.1) is 0 Å². The van der Waals surface area contributed by atoms with Crippen molar-refractivity contribution in [3.8, 4) is 0 Å². The first-order valence-electron chi connectivity index (χ1n) is 7.10. The standard InChI is InChI=1S/C14H12ClN7O/c15-9-2-1-3-10(8-9)21-7-6-11(14(21)23)16-12-4-5-13-17-19-20-22(13)18-12/h1-5,8,11H,6-7H2,(H,16,18). The minimum atomic E-state index is -0.338. The molecule has 1 saturated heterocycles. The van der Waals surface area contributed by atoms with E-state index >= 15 is 0 Å². The normalized spacial score (nSPS) is 17.9. The van der Waals surface area contributed by atoms with Crippen molar-refractivity contribution in [1.82, 2.24) is 25.3 Å². The van der Waals surface area contributed by atoms with E-state index in [2.05, 4.69) is 25.9 Å². The molecule has 4 rings (SSSR count). The molecule has 1 unspecified atom stereocenters. The lowest BCUT2D eigenvalue weighted by molar-refractivity contribution is -0.117. The van der Waals surface area contributed by atoms with Crippen LogP contribution < -0.4 is 10.2 Å². The van der Waals surface area contributed by atoms with Crippen LogP contribution in [0.15, 0.2) is 36.4 Å². The van der Waals surface area contributed by atoms with E-state index in [1.54, 1.807) is 29.2 Å². The fourth-order valence-corrected chi connectivity index (χ4v) is 2.80. The zero-order chi connectivity index (χ0) is 15.8. The molecule has 2 aromatic heterocycles. The molecule has 1 aliphatic rings. The lowest BCUT2D eigenvalue weighted by Crippen LogP contribution is -2.33. The minimum absolute atomic E-state index is 0.00845. The molecule has 1 N–H and O–H groups in total. The molecule has 116 valence electrons. The molecule has 1 fully saturated rings. The average molecular weight is 330 g/mol. The Labute approximate surface area is 136 Å². The number of aromatic nitrogens is 5. The van der Waals surface area contributed by atoms with Crippen molar-refractivity contribution in [3.63, 3.8) is 0 Å². The van der Waals surface area contributed by atoms with Crippen LogP contribution in [-0.4, -0.2) is 43.7 Å². The molecule has 1 amide bonds. The van der Waals surface area contributed by atoms with Gasteiger partial charge in [-0.1, -0.05) is 17.7 Å². The highest BCUT2D eigenvalue weighted by Gasteiger charge is 2.32. The summed E-state index contributed by atoms with van der Waals surface area (Å²) in [5, 5.41) is 19.0. The molecule has 3 aromatic rings. The van der Waals surface area contributed by atoms with E-state index in [0.29, 0.717) is 29.5 Å². The molecular formula is C14H12ClN7O. The number of halogens is 1. The van der Waals surface area contributed by atoms with E-state index in [-0.39, 0.29) is 11.9 Å². The smallest absolute Gasteiger partial charge is 0.249 e. The number of fused-ring (bicyclic) bond motifs is 1. The van der Waals surface area contributed by atoms with Gasteiger partial charge in [0.2, 0.25) is 5.91 Å². The van der Waals surface area contributed by atoms with Crippen molar-refractivity contribution in [2.24, 2.45) is 0 Å². The first-order chi connectivity index (χ1) is 11.2. The molecule has 0 bridgehead atoms. The van der Waals surface area contributed by atoms with E-state index in [1.807, 2.05) is 12.1 Å². The Morgan fingerprint density at radius 2 is 2.17 bits per heavy atom. The third-order valence-corrected chi connectivity index (χ3v) is 3.95. The first kappa shape index (κ1) is 13.9. The van der Waals surface area contributed by atoms with Gasteiger partial charge in [-0.15, -0.1) is 14.8 Å². The predicted molar refractivity (Wildman–Crippen MR) is 84.4 cm³/mol. The summed E-state index contributed by atoms with van der Waals surface area (Å²) in [4.78, 5) is 14.3. The number of rotatable bonds is 3. The Morgan fingerprint density at radius 3 is 3.04 bits per heavy atom. The van der Waals surface area contributed by atoms with E-state index in [9.17, 15) is 4.79 Å². The Kier molecular flexibility index (Phi) is 3.30. The van der Waals surface area contributed by atoms with Gasteiger partial charge in [0.25, 0.3) is 0 Å².